The normalized spacial score (nSPS) is 18.8. The summed E-state index contributed by atoms with van der Waals surface area (Å²) in [6, 6.07) is 10.1. The average Bonchev–Trinajstić information content (AvgIpc) is 2.64. The second-order valence-corrected chi connectivity index (χ2v) is 8.20. The molecule has 27 heavy (non-hydrogen) atoms. The number of benzene rings is 1. The smallest absolute Gasteiger partial charge is 0.138 e. The van der Waals surface area contributed by atoms with E-state index in [2.05, 4.69) is 49.8 Å². The number of pyridine rings is 1. The van der Waals surface area contributed by atoms with Gasteiger partial charge in [0.25, 0.3) is 0 Å². The molecule has 2 aromatic rings. The van der Waals surface area contributed by atoms with Crippen LogP contribution in [0, 0.1) is 5.41 Å². The number of aromatic nitrogens is 1. The Balaban J connectivity index is 2.06. The number of aliphatic hydroxyl groups excluding tert-OH is 1. The van der Waals surface area contributed by atoms with E-state index in [4.69, 9.17) is 9.84 Å². The molecular formula is C22H30N2O3. The van der Waals surface area contributed by atoms with Gasteiger partial charge in [-0.05, 0) is 30.2 Å². The van der Waals surface area contributed by atoms with Crippen molar-refractivity contribution < 1.29 is 14.9 Å². The van der Waals surface area contributed by atoms with E-state index in [0.717, 1.165) is 18.7 Å². The highest BCUT2D eigenvalue weighted by Gasteiger charge is 2.55. The molecule has 1 unspecified atom stereocenters. The third-order valence-corrected chi connectivity index (χ3v) is 5.60. The van der Waals surface area contributed by atoms with E-state index in [-0.39, 0.29) is 18.6 Å². The van der Waals surface area contributed by atoms with Crippen LogP contribution in [0.2, 0.25) is 0 Å². The molecule has 1 aromatic carbocycles. The zero-order valence-electron chi connectivity index (χ0n) is 16.6. The van der Waals surface area contributed by atoms with Crippen molar-refractivity contribution in [2.45, 2.75) is 32.3 Å². The molecule has 0 spiro atoms. The van der Waals surface area contributed by atoms with Crippen molar-refractivity contribution in [2.75, 3.05) is 33.4 Å². The number of hydrogen-bond donors (Lipinski definition) is 2. The molecule has 3 rings (SSSR count). The first-order chi connectivity index (χ1) is 12.8. The van der Waals surface area contributed by atoms with Crippen LogP contribution in [-0.2, 0) is 5.60 Å². The van der Waals surface area contributed by atoms with Crippen molar-refractivity contribution in [2.24, 2.45) is 5.41 Å². The summed E-state index contributed by atoms with van der Waals surface area (Å²) in [7, 11) is 2.06. The number of rotatable bonds is 7. The van der Waals surface area contributed by atoms with Gasteiger partial charge in [-0.3, -0.25) is 4.98 Å². The van der Waals surface area contributed by atoms with Crippen LogP contribution in [0.4, 0.5) is 0 Å². The Labute approximate surface area is 161 Å². The lowest BCUT2D eigenvalue weighted by Crippen LogP contribution is -2.63. The Morgan fingerprint density at radius 3 is 2.41 bits per heavy atom. The summed E-state index contributed by atoms with van der Waals surface area (Å²) in [4.78, 5) is 6.49. The minimum atomic E-state index is -1.18. The summed E-state index contributed by atoms with van der Waals surface area (Å²) in [5.41, 5.74) is 1.31. The summed E-state index contributed by atoms with van der Waals surface area (Å²) < 4.78 is 5.53. The molecule has 2 heterocycles. The fourth-order valence-corrected chi connectivity index (χ4v) is 4.21. The predicted octanol–water partition coefficient (Wildman–Crippen LogP) is 2.76. The van der Waals surface area contributed by atoms with Gasteiger partial charge in [-0.15, -0.1) is 0 Å². The molecule has 1 fully saturated rings. The van der Waals surface area contributed by atoms with Gasteiger partial charge >= 0.3 is 0 Å². The number of likely N-dealkylation sites (tertiary alicyclic amines) is 1. The second kappa shape index (κ2) is 7.58. The van der Waals surface area contributed by atoms with Crippen molar-refractivity contribution in [1.82, 2.24) is 9.88 Å². The van der Waals surface area contributed by atoms with Crippen LogP contribution in [0.3, 0.4) is 0 Å². The van der Waals surface area contributed by atoms with Crippen LogP contribution in [0.5, 0.6) is 5.75 Å². The van der Waals surface area contributed by atoms with Crippen LogP contribution in [0.1, 0.15) is 43.4 Å². The maximum Gasteiger partial charge on any atom is 0.138 e. The van der Waals surface area contributed by atoms with Crippen molar-refractivity contribution >= 4 is 0 Å². The van der Waals surface area contributed by atoms with Gasteiger partial charge in [-0.2, -0.15) is 0 Å². The number of nitrogens with zero attached hydrogens (tertiary/aromatic N) is 2. The minimum Gasteiger partial charge on any atom is -0.490 e. The molecule has 0 amide bonds. The van der Waals surface area contributed by atoms with Crippen LogP contribution in [-0.4, -0.2) is 53.4 Å². The summed E-state index contributed by atoms with van der Waals surface area (Å²) in [5.74, 6) is 0.990. The molecule has 146 valence electrons. The highest BCUT2D eigenvalue weighted by molar-refractivity contribution is 5.42. The lowest BCUT2D eigenvalue weighted by molar-refractivity contribution is -0.127. The van der Waals surface area contributed by atoms with E-state index in [0.29, 0.717) is 17.2 Å². The molecule has 0 radical (unpaired) electrons. The summed E-state index contributed by atoms with van der Waals surface area (Å²) >= 11 is 0. The Hall–Kier alpha value is -1.95. The van der Waals surface area contributed by atoms with Gasteiger partial charge in [0.1, 0.15) is 18.0 Å². The van der Waals surface area contributed by atoms with Gasteiger partial charge in [-0.25, -0.2) is 0 Å². The Morgan fingerprint density at radius 1 is 1.19 bits per heavy atom. The third kappa shape index (κ3) is 3.59. The van der Waals surface area contributed by atoms with Gasteiger partial charge in [0.2, 0.25) is 0 Å². The highest BCUT2D eigenvalue weighted by atomic mass is 16.5. The molecule has 0 saturated carbocycles. The van der Waals surface area contributed by atoms with Crippen molar-refractivity contribution in [3.8, 4) is 5.75 Å². The van der Waals surface area contributed by atoms with E-state index < -0.39 is 5.60 Å². The van der Waals surface area contributed by atoms with Crippen molar-refractivity contribution in [1.29, 1.82) is 0 Å². The maximum atomic E-state index is 12.1. The molecule has 1 aliphatic heterocycles. The fourth-order valence-electron chi connectivity index (χ4n) is 4.21. The average molecular weight is 370 g/mol. The molecule has 5 nitrogen and oxygen atoms in total. The standard InChI is InChI=1S/C22H30N2O3/c1-16(2)17-5-7-18(8-6-17)22(26,21(3)14-24(4)15-21)19-11-20(13-23-12-19)27-10-9-25/h5-8,11-13,16,25-26H,9-10,14-15H2,1-4H3. The van der Waals surface area contributed by atoms with Crippen molar-refractivity contribution in [3.05, 3.63) is 59.4 Å². The largest absolute Gasteiger partial charge is 0.490 e. The number of ether oxygens (including phenoxy) is 1. The Morgan fingerprint density at radius 2 is 1.85 bits per heavy atom. The second-order valence-electron chi connectivity index (χ2n) is 8.20. The van der Waals surface area contributed by atoms with Gasteiger partial charge in [-0.1, -0.05) is 45.0 Å². The fraction of sp³-hybridized carbons (Fsp3) is 0.500. The van der Waals surface area contributed by atoms with E-state index >= 15 is 0 Å². The lowest BCUT2D eigenvalue weighted by atomic mass is 9.62. The SMILES string of the molecule is CC(C)c1ccc(C(O)(c2cncc(OCCO)c2)C2(C)CN(C)C2)cc1. The minimum absolute atomic E-state index is 0.0618. The van der Waals surface area contributed by atoms with Gasteiger partial charge < -0.3 is 19.8 Å². The van der Waals surface area contributed by atoms with Crippen LogP contribution in [0.25, 0.3) is 0 Å². The first kappa shape index (κ1) is 19.8. The monoisotopic (exact) mass is 370 g/mol. The summed E-state index contributed by atoms with van der Waals surface area (Å²) in [6.45, 7) is 8.16. The molecular weight excluding hydrogens is 340 g/mol. The summed E-state index contributed by atoms with van der Waals surface area (Å²) in [6.07, 6.45) is 3.32. The summed E-state index contributed by atoms with van der Waals surface area (Å²) in [5, 5.41) is 21.1. The first-order valence-electron chi connectivity index (χ1n) is 9.51. The van der Waals surface area contributed by atoms with Gasteiger partial charge in [0, 0.05) is 30.3 Å². The van der Waals surface area contributed by atoms with Gasteiger partial charge in [0.05, 0.1) is 12.8 Å². The Bertz CT molecular complexity index is 769. The van der Waals surface area contributed by atoms with Gasteiger partial charge in [0.15, 0.2) is 0 Å². The molecule has 1 saturated heterocycles. The number of aliphatic hydroxyl groups is 2. The molecule has 0 aliphatic carbocycles. The molecule has 1 aliphatic rings. The van der Waals surface area contributed by atoms with Crippen LogP contribution in [0.15, 0.2) is 42.7 Å². The van der Waals surface area contributed by atoms with Crippen LogP contribution >= 0.6 is 0 Å². The van der Waals surface area contributed by atoms with E-state index in [1.165, 1.54) is 5.56 Å². The number of hydrogen-bond acceptors (Lipinski definition) is 5. The third-order valence-electron chi connectivity index (χ3n) is 5.60. The molecule has 2 N–H and O–H groups in total. The van der Waals surface area contributed by atoms with E-state index in [9.17, 15) is 5.11 Å². The highest BCUT2D eigenvalue weighted by Crippen LogP contribution is 2.50. The molecule has 1 atom stereocenters. The predicted molar refractivity (Wildman–Crippen MR) is 106 cm³/mol. The van der Waals surface area contributed by atoms with E-state index in [1.807, 2.05) is 18.2 Å². The zero-order chi connectivity index (χ0) is 19.7. The van der Waals surface area contributed by atoms with E-state index in [1.54, 1.807) is 12.4 Å². The quantitative estimate of drug-likeness (QED) is 0.785. The first-order valence-corrected chi connectivity index (χ1v) is 9.51. The van der Waals surface area contributed by atoms with Crippen molar-refractivity contribution in [3.63, 3.8) is 0 Å². The molecule has 0 bridgehead atoms. The molecule has 5 heteroatoms. The maximum absolute atomic E-state index is 12.1. The topological polar surface area (TPSA) is 65.8 Å². The lowest BCUT2D eigenvalue weighted by Gasteiger charge is -2.55. The van der Waals surface area contributed by atoms with Crippen LogP contribution < -0.4 is 4.74 Å². The zero-order valence-corrected chi connectivity index (χ0v) is 16.6. The Kier molecular flexibility index (Phi) is 5.56. The molecule has 1 aromatic heterocycles.